The number of nitrogens with zero attached hydrogens (tertiary/aromatic N) is 4. The molecular formula is C15H15BrFN5O4S. The van der Waals surface area contributed by atoms with Gasteiger partial charge in [0.1, 0.15) is 15.7 Å². The normalized spacial score (nSPS) is 19.6. The number of rotatable bonds is 4. The number of benzene rings is 1. The quantitative estimate of drug-likeness (QED) is 0.739. The third-order valence-corrected chi connectivity index (χ3v) is 6.73. The highest BCUT2D eigenvalue weighted by molar-refractivity contribution is 9.10. The van der Waals surface area contributed by atoms with Crippen LogP contribution in [-0.4, -0.2) is 48.8 Å². The van der Waals surface area contributed by atoms with Gasteiger partial charge >= 0.3 is 0 Å². The van der Waals surface area contributed by atoms with Crippen LogP contribution in [0.5, 0.6) is 0 Å². The molecule has 1 aromatic carbocycles. The molecule has 144 valence electrons. The fourth-order valence-electron chi connectivity index (χ4n) is 2.94. The second-order valence-corrected chi connectivity index (χ2v) is 9.39. The van der Waals surface area contributed by atoms with Crippen molar-refractivity contribution in [2.45, 2.75) is 18.9 Å². The lowest BCUT2D eigenvalue weighted by Gasteiger charge is -2.23. The molecule has 12 heteroatoms. The molecule has 0 spiro atoms. The third-order valence-electron chi connectivity index (χ3n) is 4.40. The Morgan fingerprint density at radius 1 is 1.26 bits per heavy atom. The van der Waals surface area contributed by atoms with Gasteiger partial charge in [0.2, 0.25) is 11.7 Å². The molecule has 0 unspecified atom stereocenters. The van der Waals surface area contributed by atoms with Gasteiger partial charge in [-0.2, -0.15) is 0 Å². The second-order valence-electron chi connectivity index (χ2n) is 6.23. The van der Waals surface area contributed by atoms with Crippen molar-refractivity contribution in [1.82, 2.24) is 10.3 Å². The van der Waals surface area contributed by atoms with E-state index in [4.69, 9.17) is 9.47 Å². The zero-order valence-corrected chi connectivity index (χ0v) is 16.3. The van der Waals surface area contributed by atoms with Crippen molar-refractivity contribution >= 4 is 43.1 Å². The topological polar surface area (TPSA) is 110 Å². The van der Waals surface area contributed by atoms with Crippen LogP contribution in [0.4, 0.5) is 15.9 Å². The van der Waals surface area contributed by atoms with E-state index in [2.05, 4.69) is 36.7 Å². The molecule has 1 fully saturated rings. The van der Waals surface area contributed by atoms with E-state index in [1.54, 1.807) is 17.0 Å². The van der Waals surface area contributed by atoms with Crippen LogP contribution < -0.4 is 10.2 Å². The largest absolute Gasteiger partial charge is 0.371 e. The molecule has 2 aromatic rings. The van der Waals surface area contributed by atoms with E-state index in [1.807, 2.05) is 0 Å². The molecule has 27 heavy (non-hydrogen) atoms. The first-order valence-electron chi connectivity index (χ1n) is 8.15. The summed E-state index contributed by atoms with van der Waals surface area (Å²) < 4.78 is 41.8. The standard InChI is InChI=1S/C15H15BrFN5O4S/c16-11-7-10(1-2-12(11)17)22-8-25-21-15(22)13-14(20-26-19-13)18-9-3-5-27(23,24)6-4-9/h1-2,7,9H,3-6,8H2,(H,18,20). The van der Waals surface area contributed by atoms with Crippen LogP contribution in [0.3, 0.4) is 0 Å². The highest BCUT2D eigenvalue weighted by Crippen LogP contribution is 2.28. The summed E-state index contributed by atoms with van der Waals surface area (Å²) in [6.07, 6.45) is 0.957. The summed E-state index contributed by atoms with van der Waals surface area (Å²) in [6.45, 7) is 0.126. The predicted molar refractivity (Wildman–Crippen MR) is 98.7 cm³/mol. The summed E-state index contributed by atoms with van der Waals surface area (Å²) >= 11 is 3.16. The molecule has 9 nitrogen and oxygen atoms in total. The number of halogens is 2. The molecule has 0 amide bonds. The van der Waals surface area contributed by atoms with Crippen molar-refractivity contribution in [3.63, 3.8) is 0 Å². The van der Waals surface area contributed by atoms with Gasteiger partial charge in [0.15, 0.2) is 12.4 Å². The summed E-state index contributed by atoms with van der Waals surface area (Å²) in [7, 11) is -2.96. The number of oxime groups is 1. The summed E-state index contributed by atoms with van der Waals surface area (Å²) in [4.78, 5) is 6.87. The van der Waals surface area contributed by atoms with E-state index in [-0.39, 0.29) is 30.1 Å². The van der Waals surface area contributed by atoms with Gasteiger partial charge in [-0.3, -0.25) is 4.90 Å². The second kappa shape index (κ2) is 7.08. The summed E-state index contributed by atoms with van der Waals surface area (Å²) in [5.74, 6) is 0.598. The highest BCUT2D eigenvalue weighted by Gasteiger charge is 2.31. The van der Waals surface area contributed by atoms with Gasteiger partial charge in [-0.05, 0) is 57.3 Å². The molecule has 0 radical (unpaired) electrons. The van der Waals surface area contributed by atoms with Gasteiger partial charge in [0.25, 0.3) is 0 Å². The van der Waals surface area contributed by atoms with Crippen molar-refractivity contribution < 1.29 is 22.3 Å². The van der Waals surface area contributed by atoms with Crippen LogP contribution in [0, 0.1) is 5.82 Å². The average molecular weight is 460 g/mol. The molecule has 4 rings (SSSR count). The maximum absolute atomic E-state index is 13.5. The minimum atomic E-state index is -2.96. The Bertz CT molecular complexity index is 982. The van der Waals surface area contributed by atoms with Crippen molar-refractivity contribution in [2.75, 3.05) is 28.5 Å². The van der Waals surface area contributed by atoms with Gasteiger partial charge < -0.3 is 10.2 Å². The van der Waals surface area contributed by atoms with Crippen LogP contribution in [-0.2, 0) is 14.7 Å². The highest BCUT2D eigenvalue weighted by atomic mass is 79.9. The first-order chi connectivity index (χ1) is 12.9. The number of aromatic nitrogens is 2. The average Bonchev–Trinajstić information content (AvgIpc) is 3.28. The first-order valence-corrected chi connectivity index (χ1v) is 10.8. The maximum Gasteiger partial charge on any atom is 0.208 e. The van der Waals surface area contributed by atoms with Crippen molar-refractivity contribution in [1.29, 1.82) is 0 Å². The van der Waals surface area contributed by atoms with Crippen LogP contribution in [0.25, 0.3) is 0 Å². The van der Waals surface area contributed by atoms with E-state index in [0.29, 0.717) is 40.3 Å². The zero-order valence-electron chi connectivity index (χ0n) is 13.9. The Labute approximate surface area is 162 Å². The number of hydrogen-bond donors (Lipinski definition) is 1. The van der Waals surface area contributed by atoms with Crippen LogP contribution in [0.15, 0.2) is 32.5 Å². The van der Waals surface area contributed by atoms with Gasteiger partial charge in [-0.15, -0.1) is 0 Å². The third kappa shape index (κ3) is 3.76. The zero-order chi connectivity index (χ0) is 19.0. The fraction of sp³-hybridized carbons (Fsp3) is 0.400. The van der Waals surface area contributed by atoms with Crippen LogP contribution in [0.2, 0.25) is 0 Å². The molecular weight excluding hydrogens is 445 g/mol. The molecule has 0 aliphatic carbocycles. The van der Waals surface area contributed by atoms with Crippen molar-refractivity contribution in [2.24, 2.45) is 5.16 Å². The van der Waals surface area contributed by atoms with Crippen LogP contribution >= 0.6 is 15.9 Å². The van der Waals surface area contributed by atoms with Crippen molar-refractivity contribution in [3.05, 3.63) is 34.2 Å². The van der Waals surface area contributed by atoms with E-state index in [0.717, 1.165) is 0 Å². The van der Waals surface area contributed by atoms with Gasteiger partial charge in [0, 0.05) is 11.7 Å². The molecule has 3 heterocycles. The Kier molecular flexibility index (Phi) is 4.76. The molecule has 0 atom stereocenters. The molecule has 2 aliphatic rings. The van der Waals surface area contributed by atoms with Gasteiger partial charge in [-0.25, -0.2) is 17.4 Å². The molecule has 0 bridgehead atoms. The molecule has 1 aromatic heterocycles. The molecule has 1 saturated heterocycles. The Balaban J connectivity index is 1.55. The lowest BCUT2D eigenvalue weighted by atomic mass is 10.1. The smallest absolute Gasteiger partial charge is 0.208 e. The minimum Gasteiger partial charge on any atom is -0.371 e. The van der Waals surface area contributed by atoms with Crippen molar-refractivity contribution in [3.8, 4) is 0 Å². The maximum atomic E-state index is 13.5. The first kappa shape index (κ1) is 18.2. The van der Waals surface area contributed by atoms with Gasteiger partial charge in [-0.1, -0.05) is 5.16 Å². The van der Waals surface area contributed by atoms with E-state index >= 15 is 0 Å². The lowest BCUT2D eigenvalue weighted by Crippen LogP contribution is -2.33. The number of sulfone groups is 1. The molecule has 2 aliphatic heterocycles. The fourth-order valence-corrected chi connectivity index (χ4v) is 4.79. The number of nitrogens with one attached hydrogen (secondary N) is 1. The Morgan fingerprint density at radius 3 is 2.78 bits per heavy atom. The Morgan fingerprint density at radius 2 is 2.04 bits per heavy atom. The molecule has 0 saturated carbocycles. The summed E-state index contributed by atoms with van der Waals surface area (Å²) in [5.41, 5.74) is 0.985. The van der Waals surface area contributed by atoms with E-state index in [9.17, 15) is 12.8 Å². The summed E-state index contributed by atoms with van der Waals surface area (Å²) in [5, 5.41) is 14.9. The monoisotopic (exact) mass is 459 g/mol. The summed E-state index contributed by atoms with van der Waals surface area (Å²) in [6, 6.07) is 4.47. The minimum absolute atomic E-state index is 0.0597. The van der Waals surface area contributed by atoms with E-state index in [1.165, 1.54) is 6.07 Å². The lowest BCUT2D eigenvalue weighted by molar-refractivity contribution is 0.174. The SMILES string of the molecule is O=S1(=O)CCC(Nc2nonc2C2=NOCN2c2ccc(F)c(Br)c2)CC1. The number of amidine groups is 1. The Hall–Kier alpha value is -2.21. The number of anilines is 2. The van der Waals surface area contributed by atoms with E-state index < -0.39 is 9.84 Å². The predicted octanol–water partition coefficient (Wildman–Crippen LogP) is 2.12. The van der Waals surface area contributed by atoms with Gasteiger partial charge in [0.05, 0.1) is 16.0 Å². The number of hydrogen-bond acceptors (Lipinski definition) is 9. The van der Waals surface area contributed by atoms with Crippen LogP contribution in [0.1, 0.15) is 18.5 Å². The molecule has 1 N–H and O–H groups in total.